The highest BCUT2D eigenvalue weighted by atomic mass is 32.2. The van der Waals surface area contributed by atoms with E-state index in [1.165, 1.54) is 25.1 Å². The van der Waals surface area contributed by atoms with Crippen LogP contribution in [0.3, 0.4) is 0 Å². The molecule has 1 atom stereocenters. The molecule has 0 bridgehead atoms. The Morgan fingerprint density at radius 2 is 2.05 bits per heavy atom. The molecule has 0 saturated carbocycles. The summed E-state index contributed by atoms with van der Waals surface area (Å²) in [6.45, 7) is 3.35. The Balaban J connectivity index is 2.49. The number of sulfonamides is 1. The lowest BCUT2D eigenvalue weighted by Crippen LogP contribution is -2.27. The van der Waals surface area contributed by atoms with Gasteiger partial charge in [-0.05, 0) is 24.1 Å². The van der Waals surface area contributed by atoms with Crippen LogP contribution >= 0.6 is 0 Å². The summed E-state index contributed by atoms with van der Waals surface area (Å²) >= 11 is 0. The standard InChI is InChI=1S/C13H16N2O5S/c1-8-6-15(21(19,20)7-8)12-4-3-10(14-9(2)16)5-11(12)13(17)18/h3-5,8H,6-7H2,1-2H3,(H,14,16)(H,17,18). The van der Waals surface area contributed by atoms with Gasteiger partial charge in [0, 0.05) is 19.2 Å². The van der Waals surface area contributed by atoms with Crippen molar-refractivity contribution in [2.24, 2.45) is 5.92 Å². The van der Waals surface area contributed by atoms with Crippen molar-refractivity contribution in [3.63, 3.8) is 0 Å². The van der Waals surface area contributed by atoms with Crippen molar-refractivity contribution in [2.75, 3.05) is 21.9 Å². The van der Waals surface area contributed by atoms with E-state index in [0.717, 1.165) is 4.31 Å². The van der Waals surface area contributed by atoms with Crippen molar-refractivity contribution in [3.05, 3.63) is 23.8 Å². The van der Waals surface area contributed by atoms with E-state index in [0.29, 0.717) is 5.69 Å². The molecule has 1 amide bonds. The Kier molecular flexibility index (Phi) is 3.91. The van der Waals surface area contributed by atoms with E-state index in [4.69, 9.17) is 0 Å². The van der Waals surface area contributed by atoms with Crippen LogP contribution in [0.2, 0.25) is 0 Å². The molecule has 1 aromatic carbocycles. The van der Waals surface area contributed by atoms with Crippen molar-refractivity contribution in [3.8, 4) is 0 Å². The molecule has 1 aromatic rings. The zero-order valence-corrected chi connectivity index (χ0v) is 12.5. The molecule has 114 valence electrons. The summed E-state index contributed by atoms with van der Waals surface area (Å²) in [5.41, 5.74) is 0.285. The summed E-state index contributed by atoms with van der Waals surface area (Å²) in [4.78, 5) is 22.4. The number of aromatic carboxylic acids is 1. The van der Waals surface area contributed by atoms with E-state index < -0.39 is 16.0 Å². The average Bonchev–Trinajstić information content (AvgIpc) is 2.61. The Labute approximate surface area is 122 Å². The van der Waals surface area contributed by atoms with Gasteiger partial charge >= 0.3 is 5.97 Å². The SMILES string of the molecule is CC(=O)Nc1ccc(N2CC(C)CS2(=O)=O)c(C(=O)O)c1. The fourth-order valence-electron chi connectivity index (χ4n) is 2.35. The molecule has 1 fully saturated rings. The first-order chi connectivity index (χ1) is 9.70. The van der Waals surface area contributed by atoms with Gasteiger partial charge in [0.1, 0.15) is 0 Å². The van der Waals surface area contributed by atoms with Crippen LogP contribution in [0.4, 0.5) is 11.4 Å². The molecular weight excluding hydrogens is 296 g/mol. The number of hydrogen-bond donors (Lipinski definition) is 2. The van der Waals surface area contributed by atoms with Gasteiger partial charge in [-0.2, -0.15) is 0 Å². The van der Waals surface area contributed by atoms with Gasteiger partial charge in [-0.25, -0.2) is 13.2 Å². The summed E-state index contributed by atoms with van der Waals surface area (Å²) in [5, 5.41) is 11.8. The Morgan fingerprint density at radius 3 is 2.52 bits per heavy atom. The molecule has 2 N–H and O–H groups in total. The number of nitrogens with zero attached hydrogens (tertiary/aromatic N) is 1. The van der Waals surface area contributed by atoms with E-state index in [-0.39, 0.29) is 35.4 Å². The van der Waals surface area contributed by atoms with Gasteiger partial charge in [-0.1, -0.05) is 6.92 Å². The Bertz CT molecular complexity index is 699. The van der Waals surface area contributed by atoms with Crippen LogP contribution in [0.1, 0.15) is 24.2 Å². The number of nitrogens with one attached hydrogen (secondary N) is 1. The minimum absolute atomic E-state index is 0.000490. The molecule has 7 nitrogen and oxygen atoms in total. The highest BCUT2D eigenvalue weighted by Crippen LogP contribution is 2.31. The average molecular weight is 312 g/mol. The second-order valence-electron chi connectivity index (χ2n) is 5.13. The quantitative estimate of drug-likeness (QED) is 0.870. The maximum absolute atomic E-state index is 12.1. The van der Waals surface area contributed by atoms with Crippen molar-refractivity contribution in [1.82, 2.24) is 0 Å². The molecule has 0 spiro atoms. The largest absolute Gasteiger partial charge is 0.478 e. The second-order valence-corrected chi connectivity index (χ2v) is 7.07. The lowest BCUT2D eigenvalue weighted by Gasteiger charge is -2.20. The van der Waals surface area contributed by atoms with E-state index in [1.54, 1.807) is 6.92 Å². The van der Waals surface area contributed by atoms with Gasteiger partial charge in [0.25, 0.3) is 0 Å². The molecule has 1 aliphatic heterocycles. The van der Waals surface area contributed by atoms with Crippen LogP contribution in [0.25, 0.3) is 0 Å². The number of amides is 1. The van der Waals surface area contributed by atoms with Crippen LogP contribution in [-0.4, -0.2) is 37.7 Å². The summed E-state index contributed by atoms with van der Waals surface area (Å²) in [7, 11) is -3.50. The van der Waals surface area contributed by atoms with E-state index >= 15 is 0 Å². The second kappa shape index (κ2) is 5.36. The van der Waals surface area contributed by atoms with Gasteiger partial charge in [0.05, 0.1) is 17.0 Å². The topological polar surface area (TPSA) is 104 Å². The van der Waals surface area contributed by atoms with Crippen molar-refractivity contribution >= 4 is 33.3 Å². The van der Waals surface area contributed by atoms with Crippen molar-refractivity contribution in [1.29, 1.82) is 0 Å². The summed E-state index contributed by atoms with van der Waals surface area (Å²) < 4.78 is 25.3. The number of benzene rings is 1. The molecule has 0 aliphatic carbocycles. The summed E-state index contributed by atoms with van der Waals surface area (Å²) in [6.07, 6.45) is 0. The zero-order valence-electron chi connectivity index (χ0n) is 11.7. The number of carbonyl (C=O) groups is 2. The van der Waals surface area contributed by atoms with Crippen molar-refractivity contribution in [2.45, 2.75) is 13.8 Å². The number of carboxylic acids is 1. The van der Waals surface area contributed by atoms with Crippen LogP contribution < -0.4 is 9.62 Å². The molecule has 1 aliphatic rings. The fourth-order valence-corrected chi connectivity index (χ4v) is 4.30. The minimum atomic E-state index is -3.50. The molecule has 2 rings (SSSR count). The molecule has 21 heavy (non-hydrogen) atoms. The lowest BCUT2D eigenvalue weighted by atomic mass is 10.1. The Hall–Kier alpha value is -2.09. The zero-order chi connectivity index (χ0) is 15.8. The molecular formula is C13H16N2O5S. The third kappa shape index (κ3) is 3.15. The molecule has 0 radical (unpaired) electrons. The molecule has 1 heterocycles. The molecule has 8 heteroatoms. The lowest BCUT2D eigenvalue weighted by molar-refractivity contribution is -0.114. The molecule has 1 saturated heterocycles. The van der Waals surface area contributed by atoms with Crippen LogP contribution in [-0.2, 0) is 14.8 Å². The first kappa shape index (κ1) is 15.3. The van der Waals surface area contributed by atoms with E-state index in [9.17, 15) is 23.1 Å². The first-order valence-corrected chi connectivity index (χ1v) is 7.97. The summed E-state index contributed by atoms with van der Waals surface area (Å²) in [5.74, 6) is -1.64. The molecule has 1 unspecified atom stereocenters. The van der Waals surface area contributed by atoms with Gasteiger partial charge < -0.3 is 10.4 Å². The predicted octanol–water partition coefficient (Wildman–Crippen LogP) is 1.13. The number of rotatable bonds is 3. The number of carboxylic acid groups (broad SMARTS) is 1. The third-order valence-corrected chi connectivity index (χ3v) is 5.13. The van der Waals surface area contributed by atoms with E-state index in [1.807, 2.05) is 0 Å². The Morgan fingerprint density at radius 1 is 1.38 bits per heavy atom. The van der Waals surface area contributed by atoms with Gasteiger partial charge in [0.2, 0.25) is 15.9 Å². The first-order valence-electron chi connectivity index (χ1n) is 6.36. The predicted molar refractivity (Wildman–Crippen MR) is 78.0 cm³/mol. The number of anilines is 2. The fraction of sp³-hybridized carbons (Fsp3) is 0.385. The van der Waals surface area contributed by atoms with Crippen LogP contribution in [0.5, 0.6) is 0 Å². The summed E-state index contributed by atoms with van der Waals surface area (Å²) in [6, 6.07) is 4.16. The smallest absolute Gasteiger partial charge is 0.337 e. The number of carbonyl (C=O) groups excluding carboxylic acids is 1. The van der Waals surface area contributed by atoms with Gasteiger partial charge in [-0.3, -0.25) is 9.10 Å². The third-order valence-electron chi connectivity index (χ3n) is 3.12. The molecule has 0 aromatic heterocycles. The van der Waals surface area contributed by atoms with Gasteiger partial charge in [-0.15, -0.1) is 0 Å². The normalized spacial score (nSPS) is 20.3. The monoisotopic (exact) mass is 312 g/mol. The maximum Gasteiger partial charge on any atom is 0.337 e. The highest BCUT2D eigenvalue weighted by molar-refractivity contribution is 7.93. The number of hydrogen-bond acceptors (Lipinski definition) is 4. The van der Waals surface area contributed by atoms with Crippen LogP contribution in [0, 0.1) is 5.92 Å². The van der Waals surface area contributed by atoms with Crippen molar-refractivity contribution < 1.29 is 23.1 Å². The minimum Gasteiger partial charge on any atom is -0.478 e. The van der Waals surface area contributed by atoms with E-state index in [2.05, 4.69) is 5.32 Å². The van der Waals surface area contributed by atoms with Crippen LogP contribution in [0.15, 0.2) is 18.2 Å². The van der Waals surface area contributed by atoms with Gasteiger partial charge in [0.15, 0.2) is 0 Å². The highest BCUT2D eigenvalue weighted by Gasteiger charge is 2.35. The maximum atomic E-state index is 12.1.